The molecule has 1 saturated heterocycles. The summed E-state index contributed by atoms with van der Waals surface area (Å²) in [4.78, 5) is 3.40. The van der Waals surface area contributed by atoms with E-state index in [1.54, 1.807) is 11.3 Å². The largest absolute Gasteiger partial charge is 0.329 e. The van der Waals surface area contributed by atoms with Crippen LogP contribution in [0, 0.1) is 6.92 Å². The molecule has 1 aliphatic heterocycles. The predicted octanol–water partition coefficient (Wildman–Crippen LogP) is 1.18. The molecule has 0 radical (unpaired) electrons. The molecule has 0 saturated carbocycles. The zero-order chi connectivity index (χ0) is 13.3. The van der Waals surface area contributed by atoms with Gasteiger partial charge in [-0.2, -0.15) is 0 Å². The smallest absolute Gasteiger partial charge is 0.151 e. The van der Waals surface area contributed by atoms with E-state index in [1.165, 1.54) is 10.4 Å². The zero-order valence-electron chi connectivity index (χ0n) is 10.8. The molecule has 2 heterocycles. The van der Waals surface area contributed by atoms with Crippen molar-refractivity contribution in [3.63, 3.8) is 0 Å². The van der Waals surface area contributed by atoms with Gasteiger partial charge in [0, 0.05) is 17.5 Å². The van der Waals surface area contributed by atoms with Crippen molar-refractivity contribution >= 4 is 21.2 Å². The van der Waals surface area contributed by atoms with Crippen molar-refractivity contribution in [2.45, 2.75) is 25.4 Å². The van der Waals surface area contributed by atoms with Gasteiger partial charge in [0.25, 0.3) is 0 Å². The number of rotatable bonds is 4. The third kappa shape index (κ3) is 2.77. The minimum Gasteiger partial charge on any atom is -0.329 e. The Labute approximate surface area is 113 Å². The molecule has 6 heteroatoms. The highest BCUT2D eigenvalue weighted by atomic mass is 32.2. The molecule has 2 unspecified atom stereocenters. The fourth-order valence-electron chi connectivity index (χ4n) is 2.54. The minimum absolute atomic E-state index is 0.102. The van der Waals surface area contributed by atoms with Crippen LogP contribution in [0.2, 0.25) is 0 Å². The number of likely N-dealkylation sites (N-methyl/N-ethyl adjacent to an activating group) is 1. The van der Waals surface area contributed by atoms with Crippen LogP contribution in [0.25, 0.3) is 0 Å². The van der Waals surface area contributed by atoms with Gasteiger partial charge in [0.1, 0.15) is 0 Å². The van der Waals surface area contributed by atoms with Gasteiger partial charge in [0.15, 0.2) is 9.84 Å². The van der Waals surface area contributed by atoms with Gasteiger partial charge >= 0.3 is 0 Å². The van der Waals surface area contributed by atoms with Crippen LogP contribution in [0.1, 0.15) is 22.9 Å². The number of aryl methyl sites for hydroxylation is 1. The van der Waals surface area contributed by atoms with Crippen molar-refractivity contribution in [2.75, 3.05) is 25.1 Å². The third-order valence-electron chi connectivity index (χ3n) is 3.70. The topological polar surface area (TPSA) is 63.4 Å². The highest BCUT2D eigenvalue weighted by Gasteiger charge is 2.34. The van der Waals surface area contributed by atoms with Crippen LogP contribution in [0.3, 0.4) is 0 Å². The minimum atomic E-state index is -2.84. The van der Waals surface area contributed by atoms with E-state index in [0.29, 0.717) is 12.3 Å². The second-order valence-corrected chi connectivity index (χ2v) is 8.12. The summed E-state index contributed by atoms with van der Waals surface area (Å²) < 4.78 is 23.1. The first-order valence-corrected chi connectivity index (χ1v) is 8.81. The van der Waals surface area contributed by atoms with Gasteiger partial charge in [0.2, 0.25) is 0 Å². The van der Waals surface area contributed by atoms with Gasteiger partial charge in [-0.25, -0.2) is 8.42 Å². The molecule has 2 atom stereocenters. The molecular formula is C12H20N2O2S2. The van der Waals surface area contributed by atoms with E-state index in [9.17, 15) is 8.42 Å². The fraction of sp³-hybridized carbons (Fsp3) is 0.667. The number of sulfone groups is 1. The Bertz CT molecular complexity index is 510. The van der Waals surface area contributed by atoms with Crippen molar-refractivity contribution in [1.29, 1.82) is 0 Å². The van der Waals surface area contributed by atoms with Gasteiger partial charge in [0.05, 0.1) is 17.5 Å². The van der Waals surface area contributed by atoms with E-state index < -0.39 is 9.84 Å². The molecular weight excluding hydrogens is 268 g/mol. The number of nitrogens with zero attached hydrogens (tertiary/aromatic N) is 1. The molecule has 0 aromatic carbocycles. The van der Waals surface area contributed by atoms with Crippen LogP contribution in [-0.4, -0.2) is 44.5 Å². The third-order valence-corrected chi connectivity index (χ3v) is 6.57. The molecule has 2 N–H and O–H groups in total. The van der Waals surface area contributed by atoms with Gasteiger partial charge in [-0.05, 0) is 37.4 Å². The van der Waals surface area contributed by atoms with Crippen LogP contribution in [0.15, 0.2) is 11.4 Å². The molecule has 4 nitrogen and oxygen atoms in total. The van der Waals surface area contributed by atoms with Crippen molar-refractivity contribution in [1.82, 2.24) is 4.90 Å². The summed E-state index contributed by atoms with van der Waals surface area (Å²) in [5, 5.41) is 2.06. The number of hydrogen-bond donors (Lipinski definition) is 1. The van der Waals surface area contributed by atoms with Crippen molar-refractivity contribution in [3.8, 4) is 0 Å². The Balaban J connectivity index is 2.17. The maximum absolute atomic E-state index is 11.6. The van der Waals surface area contributed by atoms with E-state index in [1.807, 2.05) is 7.05 Å². The lowest BCUT2D eigenvalue weighted by molar-refractivity contribution is 0.194. The summed E-state index contributed by atoms with van der Waals surface area (Å²) in [6.07, 6.45) is 0.722. The lowest BCUT2D eigenvalue weighted by atomic mass is 10.1. The van der Waals surface area contributed by atoms with Crippen molar-refractivity contribution in [2.24, 2.45) is 5.73 Å². The number of nitrogens with two attached hydrogens (primary N) is 1. The van der Waals surface area contributed by atoms with Gasteiger partial charge in [-0.1, -0.05) is 0 Å². The first-order valence-electron chi connectivity index (χ1n) is 6.11. The first-order chi connectivity index (χ1) is 8.44. The summed E-state index contributed by atoms with van der Waals surface area (Å²) in [5.41, 5.74) is 7.12. The average Bonchev–Trinajstić information content (AvgIpc) is 2.87. The molecule has 1 fully saturated rings. The maximum Gasteiger partial charge on any atom is 0.151 e. The SMILES string of the molecule is Cc1ccsc1C(CN)N(C)C1CCS(=O)(=O)C1. The van der Waals surface area contributed by atoms with Gasteiger partial charge in [-0.15, -0.1) is 11.3 Å². The summed E-state index contributed by atoms with van der Waals surface area (Å²) in [7, 11) is -0.852. The van der Waals surface area contributed by atoms with Gasteiger partial charge < -0.3 is 5.73 Å². The summed E-state index contributed by atoms with van der Waals surface area (Å²) >= 11 is 1.70. The van der Waals surface area contributed by atoms with E-state index >= 15 is 0 Å². The van der Waals surface area contributed by atoms with Crippen molar-refractivity contribution in [3.05, 3.63) is 21.9 Å². The second-order valence-electron chi connectivity index (χ2n) is 4.94. The normalized spacial score (nSPS) is 24.6. The molecule has 0 bridgehead atoms. The molecule has 0 spiro atoms. The number of thiophene rings is 1. The lowest BCUT2D eigenvalue weighted by Gasteiger charge is -2.31. The standard InChI is InChI=1S/C12H20N2O2S2/c1-9-3-5-17-12(9)11(7-13)14(2)10-4-6-18(15,16)8-10/h3,5,10-11H,4,6-8,13H2,1-2H3. The molecule has 1 aliphatic rings. The molecule has 102 valence electrons. The summed E-state index contributed by atoms with van der Waals surface area (Å²) in [6.45, 7) is 2.60. The lowest BCUT2D eigenvalue weighted by Crippen LogP contribution is -2.39. The zero-order valence-corrected chi connectivity index (χ0v) is 12.4. The first kappa shape index (κ1) is 14.0. The molecule has 0 amide bonds. The maximum atomic E-state index is 11.6. The van der Waals surface area contributed by atoms with Crippen LogP contribution in [0.4, 0.5) is 0 Å². The average molecular weight is 288 g/mol. The Morgan fingerprint density at radius 2 is 2.33 bits per heavy atom. The number of hydrogen-bond acceptors (Lipinski definition) is 5. The van der Waals surface area contributed by atoms with Crippen LogP contribution in [0.5, 0.6) is 0 Å². The predicted molar refractivity (Wildman–Crippen MR) is 75.7 cm³/mol. The Morgan fingerprint density at radius 1 is 1.61 bits per heavy atom. The Morgan fingerprint density at radius 3 is 2.78 bits per heavy atom. The summed E-state index contributed by atoms with van der Waals surface area (Å²) in [5.74, 6) is 0.577. The van der Waals surface area contributed by atoms with Crippen LogP contribution >= 0.6 is 11.3 Å². The molecule has 18 heavy (non-hydrogen) atoms. The van der Waals surface area contributed by atoms with E-state index in [4.69, 9.17) is 5.73 Å². The second kappa shape index (κ2) is 5.28. The van der Waals surface area contributed by atoms with Gasteiger partial charge in [-0.3, -0.25) is 4.90 Å². The summed E-state index contributed by atoms with van der Waals surface area (Å²) in [6, 6.07) is 2.32. The molecule has 1 aromatic heterocycles. The van der Waals surface area contributed by atoms with Crippen LogP contribution in [-0.2, 0) is 9.84 Å². The van der Waals surface area contributed by atoms with Crippen molar-refractivity contribution < 1.29 is 8.42 Å². The Hall–Kier alpha value is -0.430. The highest BCUT2D eigenvalue weighted by molar-refractivity contribution is 7.91. The quantitative estimate of drug-likeness (QED) is 0.903. The van der Waals surface area contributed by atoms with E-state index in [2.05, 4.69) is 23.3 Å². The van der Waals surface area contributed by atoms with E-state index in [-0.39, 0.29) is 17.8 Å². The Kier molecular flexibility index (Phi) is 4.11. The van der Waals surface area contributed by atoms with E-state index in [0.717, 1.165) is 6.42 Å². The monoisotopic (exact) mass is 288 g/mol. The molecule has 0 aliphatic carbocycles. The highest BCUT2D eigenvalue weighted by Crippen LogP contribution is 2.30. The van der Waals surface area contributed by atoms with Crippen LogP contribution < -0.4 is 5.73 Å². The fourth-order valence-corrected chi connectivity index (χ4v) is 5.41. The molecule has 1 aromatic rings. The molecule has 2 rings (SSSR count).